The molecular weight excluding hydrogens is 253 g/mol. The zero-order valence-electron chi connectivity index (χ0n) is 8.24. The molecule has 1 atom stereocenters. The molecule has 0 radical (unpaired) electrons. The number of halogens is 2. The molecule has 1 saturated heterocycles. The number of hydrogen-bond acceptors (Lipinski definition) is 3. The van der Waals surface area contributed by atoms with Crippen molar-refractivity contribution in [2.75, 3.05) is 17.3 Å². The van der Waals surface area contributed by atoms with Crippen LogP contribution in [0.5, 0.6) is 0 Å². The number of rotatable bonds is 2. The summed E-state index contributed by atoms with van der Waals surface area (Å²) >= 11 is 11.3. The number of carbonyl (C=O) groups is 1. The molecule has 1 aliphatic rings. The molecule has 2 rings (SSSR count). The van der Waals surface area contributed by atoms with E-state index < -0.39 is 0 Å². The highest BCUT2D eigenvalue weighted by Gasteiger charge is 2.31. The molecule has 7 heteroatoms. The molecule has 86 valence electrons. The molecule has 0 bridgehead atoms. The van der Waals surface area contributed by atoms with Crippen LogP contribution < -0.4 is 10.5 Å². The Hall–Kier alpha value is -1.07. The predicted octanol–water partition coefficient (Wildman–Crippen LogP) is 1.02. The molecule has 16 heavy (non-hydrogen) atoms. The lowest BCUT2D eigenvalue weighted by atomic mass is 10.2. The van der Waals surface area contributed by atoms with Crippen molar-refractivity contribution in [2.45, 2.75) is 6.42 Å². The number of alkyl halides is 1. The second-order valence-electron chi connectivity index (χ2n) is 3.62. The van der Waals surface area contributed by atoms with Gasteiger partial charge >= 0.3 is 0 Å². The van der Waals surface area contributed by atoms with Gasteiger partial charge in [-0.15, -0.1) is 11.6 Å². The van der Waals surface area contributed by atoms with Gasteiger partial charge in [0.1, 0.15) is 5.15 Å². The Morgan fingerprint density at radius 3 is 2.88 bits per heavy atom. The van der Waals surface area contributed by atoms with E-state index in [1.54, 1.807) is 0 Å². The van der Waals surface area contributed by atoms with Crippen molar-refractivity contribution in [1.82, 2.24) is 9.97 Å². The fourth-order valence-corrected chi connectivity index (χ4v) is 2.02. The summed E-state index contributed by atoms with van der Waals surface area (Å²) in [6.07, 6.45) is 0.375. The third-order valence-corrected chi connectivity index (χ3v) is 3.01. The van der Waals surface area contributed by atoms with E-state index >= 15 is 0 Å². The fourth-order valence-electron chi connectivity index (χ4n) is 1.63. The Bertz CT molecular complexity index is 474. The van der Waals surface area contributed by atoms with Gasteiger partial charge in [-0.2, -0.15) is 0 Å². The lowest BCUT2D eigenvalue weighted by Gasteiger charge is -2.14. The quantitative estimate of drug-likeness (QED) is 0.639. The topological polar surface area (TPSA) is 66.1 Å². The van der Waals surface area contributed by atoms with E-state index in [4.69, 9.17) is 23.2 Å². The first kappa shape index (κ1) is 11.4. The fraction of sp³-hybridized carbons (Fsp3) is 0.444. The van der Waals surface area contributed by atoms with Crippen molar-refractivity contribution >= 4 is 35.1 Å². The van der Waals surface area contributed by atoms with Gasteiger partial charge in [0.2, 0.25) is 11.9 Å². The smallest absolute Gasteiger partial charge is 0.253 e. The van der Waals surface area contributed by atoms with Gasteiger partial charge in [0.05, 0.1) is 0 Å². The highest BCUT2D eigenvalue weighted by Crippen LogP contribution is 2.22. The lowest BCUT2D eigenvalue weighted by molar-refractivity contribution is -0.117. The average Bonchev–Trinajstić information content (AvgIpc) is 2.58. The van der Waals surface area contributed by atoms with Gasteiger partial charge in [0.15, 0.2) is 0 Å². The van der Waals surface area contributed by atoms with Crippen LogP contribution in [0.15, 0.2) is 10.9 Å². The van der Waals surface area contributed by atoms with Gasteiger partial charge in [-0.25, -0.2) is 4.98 Å². The molecule has 2 heterocycles. The van der Waals surface area contributed by atoms with Crippen LogP contribution in [-0.2, 0) is 4.79 Å². The molecule has 0 aliphatic carbocycles. The number of carbonyl (C=O) groups excluding carboxylic acids is 1. The summed E-state index contributed by atoms with van der Waals surface area (Å²) in [7, 11) is 0. The Kier molecular flexibility index (Phi) is 3.16. The second-order valence-corrected chi connectivity index (χ2v) is 4.32. The number of H-pyrrole nitrogens is 1. The first-order chi connectivity index (χ1) is 7.60. The van der Waals surface area contributed by atoms with Gasteiger partial charge < -0.3 is 0 Å². The molecule has 1 fully saturated rings. The first-order valence-electron chi connectivity index (χ1n) is 4.73. The van der Waals surface area contributed by atoms with Crippen LogP contribution >= 0.6 is 23.2 Å². The van der Waals surface area contributed by atoms with Crippen LogP contribution in [-0.4, -0.2) is 28.3 Å². The van der Waals surface area contributed by atoms with E-state index in [9.17, 15) is 9.59 Å². The number of hydrogen-bond donors (Lipinski definition) is 1. The van der Waals surface area contributed by atoms with Crippen LogP contribution in [0.3, 0.4) is 0 Å². The summed E-state index contributed by atoms with van der Waals surface area (Å²) in [5.41, 5.74) is -0.378. The second kappa shape index (κ2) is 4.43. The summed E-state index contributed by atoms with van der Waals surface area (Å²) in [5.74, 6) is 0.595. The number of amides is 1. The molecular formula is C9H9Cl2N3O2. The summed E-state index contributed by atoms with van der Waals surface area (Å²) in [5, 5.41) is 0.0703. The SMILES string of the molecule is O=C1CC(CCl)CN1c1nc(Cl)cc(=O)[nH]1. The predicted molar refractivity (Wildman–Crippen MR) is 61.0 cm³/mol. The minimum absolute atomic E-state index is 0.0703. The van der Waals surface area contributed by atoms with Gasteiger partial charge in [-0.3, -0.25) is 19.5 Å². The van der Waals surface area contributed by atoms with Crippen LogP contribution in [0.2, 0.25) is 5.15 Å². The highest BCUT2D eigenvalue weighted by molar-refractivity contribution is 6.29. The molecule has 0 saturated carbocycles. The van der Waals surface area contributed by atoms with Gasteiger partial charge in [-0.1, -0.05) is 11.6 Å². The van der Waals surface area contributed by atoms with Crippen molar-refractivity contribution in [3.63, 3.8) is 0 Å². The standard InChI is InChI=1S/C9H9Cl2N3O2/c10-3-5-1-8(16)14(4-5)9-12-6(11)2-7(15)13-9/h2,5H,1,3-4H2,(H,12,13,15). The molecule has 1 amide bonds. The summed E-state index contributed by atoms with van der Waals surface area (Å²) in [6.45, 7) is 0.464. The van der Waals surface area contributed by atoms with Crippen LogP contribution in [0.4, 0.5) is 5.95 Å². The Morgan fingerprint density at radius 2 is 2.31 bits per heavy atom. The first-order valence-corrected chi connectivity index (χ1v) is 5.64. The van der Waals surface area contributed by atoms with Crippen molar-refractivity contribution in [2.24, 2.45) is 5.92 Å². The van der Waals surface area contributed by atoms with E-state index in [0.29, 0.717) is 18.8 Å². The zero-order valence-corrected chi connectivity index (χ0v) is 9.75. The zero-order chi connectivity index (χ0) is 11.7. The van der Waals surface area contributed by atoms with Crippen LogP contribution in [0, 0.1) is 5.92 Å². The monoisotopic (exact) mass is 261 g/mol. The van der Waals surface area contributed by atoms with Crippen LogP contribution in [0.1, 0.15) is 6.42 Å². The highest BCUT2D eigenvalue weighted by atomic mass is 35.5. The molecule has 1 N–H and O–H groups in total. The largest absolute Gasteiger partial charge is 0.292 e. The Balaban J connectivity index is 2.31. The number of aromatic amines is 1. The minimum Gasteiger partial charge on any atom is -0.292 e. The third-order valence-electron chi connectivity index (χ3n) is 2.38. The Labute approximate surface area is 101 Å². The van der Waals surface area contributed by atoms with Crippen molar-refractivity contribution < 1.29 is 4.79 Å². The number of nitrogens with one attached hydrogen (secondary N) is 1. The maximum absolute atomic E-state index is 11.6. The molecule has 1 aromatic rings. The number of aromatic nitrogens is 2. The minimum atomic E-state index is -0.378. The normalized spacial score (nSPS) is 20.5. The van der Waals surface area contributed by atoms with Gasteiger partial charge in [-0.05, 0) is 5.92 Å². The number of nitrogens with zero attached hydrogens (tertiary/aromatic N) is 2. The van der Waals surface area contributed by atoms with E-state index in [1.165, 1.54) is 4.90 Å². The number of anilines is 1. The summed E-state index contributed by atoms with van der Waals surface area (Å²) in [4.78, 5) is 30.6. The molecule has 0 aromatic carbocycles. The molecule has 1 unspecified atom stereocenters. The lowest BCUT2D eigenvalue weighted by Crippen LogP contribution is -2.28. The van der Waals surface area contributed by atoms with Gasteiger partial charge in [0, 0.05) is 24.9 Å². The van der Waals surface area contributed by atoms with Gasteiger partial charge in [0.25, 0.3) is 5.56 Å². The van der Waals surface area contributed by atoms with Crippen molar-refractivity contribution in [1.29, 1.82) is 0 Å². The third kappa shape index (κ3) is 2.20. The maximum atomic E-state index is 11.6. The summed E-state index contributed by atoms with van der Waals surface area (Å²) < 4.78 is 0. The van der Waals surface area contributed by atoms with E-state index in [2.05, 4.69) is 9.97 Å². The Morgan fingerprint density at radius 1 is 1.56 bits per heavy atom. The summed E-state index contributed by atoms with van der Waals surface area (Å²) in [6, 6.07) is 1.16. The average molecular weight is 262 g/mol. The van der Waals surface area contributed by atoms with Crippen molar-refractivity contribution in [3.05, 3.63) is 21.6 Å². The van der Waals surface area contributed by atoms with E-state index in [1.807, 2.05) is 0 Å². The molecule has 0 spiro atoms. The maximum Gasteiger partial charge on any atom is 0.253 e. The molecule has 1 aromatic heterocycles. The van der Waals surface area contributed by atoms with Crippen molar-refractivity contribution in [3.8, 4) is 0 Å². The molecule has 1 aliphatic heterocycles. The molecule has 5 nitrogen and oxygen atoms in total. The van der Waals surface area contributed by atoms with E-state index in [0.717, 1.165) is 6.07 Å². The van der Waals surface area contributed by atoms with E-state index in [-0.39, 0.29) is 28.5 Å². The van der Waals surface area contributed by atoms with Crippen LogP contribution in [0.25, 0.3) is 0 Å².